The maximum atomic E-state index is 4.78. The van der Waals surface area contributed by atoms with E-state index in [-0.39, 0.29) is 0 Å². The second-order valence-electron chi connectivity index (χ2n) is 2.94. The molecule has 0 atom stereocenters. The first kappa shape index (κ1) is 9.78. The third-order valence-electron chi connectivity index (χ3n) is 1.89. The van der Waals surface area contributed by atoms with Crippen molar-refractivity contribution in [2.45, 2.75) is 20.3 Å². The fraction of sp³-hybridized carbons (Fsp3) is 0.364. The van der Waals surface area contributed by atoms with Crippen molar-refractivity contribution in [2.24, 2.45) is 5.16 Å². The first-order valence-corrected chi connectivity index (χ1v) is 4.45. The summed E-state index contributed by atoms with van der Waals surface area (Å²) in [6, 6.07) is 8.27. The summed E-state index contributed by atoms with van der Waals surface area (Å²) >= 11 is 0. The molecule has 0 aliphatic carbocycles. The third-order valence-corrected chi connectivity index (χ3v) is 1.89. The summed E-state index contributed by atoms with van der Waals surface area (Å²) in [6.45, 7) is 4.14. The minimum Gasteiger partial charge on any atom is -0.399 e. The third kappa shape index (κ3) is 2.58. The molecular formula is C11H15NO. The van der Waals surface area contributed by atoms with E-state index in [1.54, 1.807) is 7.11 Å². The van der Waals surface area contributed by atoms with Crippen LogP contribution >= 0.6 is 0 Å². The molecule has 0 saturated carbocycles. The number of hydrogen-bond donors (Lipinski definition) is 0. The molecule has 70 valence electrons. The van der Waals surface area contributed by atoms with E-state index in [0.717, 1.165) is 17.7 Å². The van der Waals surface area contributed by atoms with E-state index in [9.17, 15) is 0 Å². The van der Waals surface area contributed by atoms with Crippen LogP contribution < -0.4 is 0 Å². The Hall–Kier alpha value is -1.31. The van der Waals surface area contributed by atoms with Gasteiger partial charge in [-0.25, -0.2) is 0 Å². The zero-order valence-corrected chi connectivity index (χ0v) is 8.37. The zero-order valence-electron chi connectivity index (χ0n) is 8.37. The molecule has 2 nitrogen and oxygen atoms in total. The van der Waals surface area contributed by atoms with E-state index in [2.05, 4.69) is 31.1 Å². The second-order valence-corrected chi connectivity index (χ2v) is 2.94. The molecule has 1 aromatic rings. The molecular weight excluding hydrogens is 162 g/mol. The number of oxime groups is 1. The number of hydrogen-bond acceptors (Lipinski definition) is 2. The molecule has 0 saturated heterocycles. The van der Waals surface area contributed by atoms with Gasteiger partial charge in [0.15, 0.2) is 0 Å². The van der Waals surface area contributed by atoms with Crippen molar-refractivity contribution in [1.82, 2.24) is 0 Å². The van der Waals surface area contributed by atoms with Crippen LogP contribution in [0.3, 0.4) is 0 Å². The minimum absolute atomic E-state index is 0.886. The lowest BCUT2D eigenvalue weighted by atomic mass is 10.1. The van der Waals surface area contributed by atoms with Gasteiger partial charge in [-0.3, -0.25) is 0 Å². The Morgan fingerprint density at radius 3 is 2.77 bits per heavy atom. The Kier molecular flexibility index (Phi) is 3.50. The molecule has 0 aliphatic heterocycles. The summed E-state index contributed by atoms with van der Waals surface area (Å²) < 4.78 is 0. The number of benzene rings is 1. The van der Waals surface area contributed by atoms with Gasteiger partial charge in [0, 0.05) is 0 Å². The molecule has 0 radical (unpaired) electrons. The van der Waals surface area contributed by atoms with Gasteiger partial charge >= 0.3 is 0 Å². The molecule has 0 aliphatic rings. The van der Waals surface area contributed by atoms with Crippen molar-refractivity contribution in [2.75, 3.05) is 7.11 Å². The van der Waals surface area contributed by atoms with E-state index in [4.69, 9.17) is 4.84 Å². The van der Waals surface area contributed by atoms with Gasteiger partial charge in [-0.1, -0.05) is 41.9 Å². The van der Waals surface area contributed by atoms with Crippen LogP contribution in [0.4, 0.5) is 0 Å². The van der Waals surface area contributed by atoms with Gasteiger partial charge in [0.1, 0.15) is 7.11 Å². The summed E-state index contributed by atoms with van der Waals surface area (Å²) in [5.74, 6) is 0. The van der Waals surface area contributed by atoms with Crippen molar-refractivity contribution >= 4 is 5.71 Å². The predicted octanol–water partition coefficient (Wildman–Crippen LogP) is 2.76. The maximum Gasteiger partial charge on any atom is 0.106 e. The standard InChI is InChI=1S/C11H15NO/c1-4-11(12-13-3)10-7-5-6-9(2)8-10/h5-8H,4H2,1-3H3/b12-11-. The fourth-order valence-electron chi connectivity index (χ4n) is 1.26. The molecule has 0 unspecified atom stereocenters. The smallest absolute Gasteiger partial charge is 0.106 e. The van der Waals surface area contributed by atoms with Gasteiger partial charge in [-0.15, -0.1) is 0 Å². The SMILES string of the molecule is CC/C(=N/OC)c1cccc(C)c1. The largest absolute Gasteiger partial charge is 0.399 e. The van der Waals surface area contributed by atoms with E-state index in [1.807, 2.05) is 12.1 Å². The highest BCUT2D eigenvalue weighted by molar-refractivity contribution is 6.00. The predicted molar refractivity (Wildman–Crippen MR) is 55.0 cm³/mol. The van der Waals surface area contributed by atoms with Crippen molar-refractivity contribution in [1.29, 1.82) is 0 Å². The molecule has 0 N–H and O–H groups in total. The number of nitrogens with zero attached hydrogens (tertiary/aromatic N) is 1. The molecule has 13 heavy (non-hydrogen) atoms. The molecule has 0 fully saturated rings. The van der Waals surface area contributed by atoms with Gasteiger partial charge in [-0.2, -0.15) is 0 Å². The van der Waals surface area contributed by atoms with Crippen LogP contribution in [0.2, 0.25) is 0 Å². The van der Waals surface area contributed by atoms with Gasteiger partial charge in [0.2, 0.25) is 0 Å². The molecule has 0 amide bonds. The molecule has 0 bridgehead atoms. The Labute approximate surface area is 79.2 Å². The van der Waals surface area contributed by atoms with Crippen molar-refractivity contribution < 1.29 is 4.84 Å². The Morgan fingerprint density at radius 1 is 1.46 bits per heavy atom. The molecule has 0 heterocycles. The van der Waals surface area contributed by atoms with Gasteiger partial charge in [0.05, 0.1) is 5.71 Å². The molecule has 0 aromatic heterocycles. The normalized spacial score (nSPS) is 11.5. The first-order valence-electron chi connectivity index (χ1n) is 4.45. The fourth-order valence-corrected chi connectivity index (χ4v) is 1.26. The van der Waals surface area contributed by atoms with E-state index in [0.29, 0.717) is 0 Å². The summed E-state index contributed by atoms with van der Waals surface area (Å²) in [5, 5.41) is 3.97. The number of rotatable bonds is 3. The molecule has 0 spiro atoms. The van der Waals surface area contributed by atoms with Crippen LogP contribution in [0.5, 0.6) is 0 Å². The van der Waals surface area contributed by atoms with Crippen LogP contribution in [-0.2, 0) is 4.84 Å². The Morgan fingerprint density at radius 2 is 2.23 bits per heavy atom. The summed E-state index contributed by atoms with van der Waals surface area (Å²) in [7, 11) is 1.57. The average molecular weight is 177 g/mol. The van der Waals surface area contributed by atoms with Crippen LogP contribution in [0, 0.1) is 6.92 Å². The highest BCUT2D eigenvalue weighted by Gasteiger charge is 2.00. The van der Waals surface area contributed by atoms with Crippen LogP contribution in [0.15, 0.2) is 29.4 Å². The van der Waals surface area contributed by atoms with Gasteiger partial charge in [0.25, 0.3) is 0 Å². The van der Waals surface area contributed by atoms with Crippen LogP contribution in [0.1, 0.15) is 24.5 Å². The van der Waals surface area contributed by atoms with Crippen molar-refractivity contribution in [3.63, 3.8) is 0 Å². The van der Waals surface area contributed by atoms with Gasteiger partial charge in [-0.05, 0) is 18.9 Å². The zero-order chi connectivity index (χ0) is 9.68. The van der Waals surface area contributed by atoms with Gasteiger partial charge < -0.3 is 4.84 Å². The highest BCUT2D eigenvalue weighted by Crippen LogP contribution is 2.07. The monoisotopic (exact) mass is 177 g/mol. The first-order chi connectivity index (χ1) is 6.27. The van der Waals surface area contributed by atoms with Crippen LogP contribution in [-0.4, -0.2) is 12.8 Å². The molecule has 1 rings (SSSR count). The number of aryl methyl sites for hydroxylation is 1. The van der Waals surface area contributed by atoms with E-state index >= 15 is 0 Å². The Bertz CT molecular complexity index is 305. The quantitative estimate of drug-likeness (QED) is 0.514. The summed E-state index contributed by atoms with van der Waals surface area (Å²) in [6.07, 6.45) is 0.886. The van der Waals surface area contributed by atoms with E-state index < -0.39 is 0 Å². The highest BCUT2D eigenvalue weighted by atomic mass is 16.6. The molecule has 2 heteroatoms. The van der Waals surface area contributed by atoms with Crippen LogP contribution in [0.25, 0.3) is 0 Å². The Balaban J connectivity index is 2.98. The van der Waals surface area contributed by atoms with Crippen molar-refractivity contribution in [3.05, 3.63) is 35.4 Å². The lowest BCUT2D eigenvalue weighted by Crippen LogP contribution is -1.99. The van der Waals surface area contributed by atoms with Crippen molar-refractivity contribution in [3.8, 4) is 0 Å². The molecule has 1 aromatic carbocycles. The van der Waals surface area contributed by atoms with E-state index in [1.165, 1.54) is 5.56 Å². The topological polar surface area (TPSA) is 21.6 Å². The average Bonchev–Trinajstić information content (AvgIpc) is 2.14. The summed E-state index contributed by atoms with van der Waals surface area (Å²) in [5.41, 5.74) is 3.38. The maximum absolute atomic E-state index is 4.78. The summed E-state index contributed by atoms with van der Waals surface area (Å²) in [4.78, 5) is 4.78. The second kappa shape index (κ2) is 4.65. The minimum atomic E-state index is 0.886. The lowest BCUT2D eigenvalue weighted by Gasteiger charge is -2.03. The lowest BCUT2D eigenvalue weighted by molar-refractivity contribution is 0.213.